The van der Waals surface area contributed by atoms with E-state index in [1.54, 1.807) is 16.2 Å². The molecule has 2 fully saturated rings. The number of aryl methyl sites for hydroxylation is 2. The maximum absolute atomic E-state index is 12.4. The lowest BCUT2D eigenvalue weighted by atomic mass is 9.97. The Kier molecular flexibility index (Phi) is 7.31. The molecule has 1 aromatic carbocycles. The number of carbonyl (C=O) groups is 1. The molecule has 4 aromatic rings. The normalized spacial score (nSPS) is 16.8. The summed E-state index contributed by atoms with van der Waals surface area (Å²) in [5.41, 5.74) is 3.74. The Morgan fingerprint density at radius 2 is 1.90 bits per heavy atom. The summed E-state index contributed by atoms with van der Waals surface area (Å²) in [6, 6.07) is 10.4. The average molecular weight is 577 g/mol. The van der Waals surface area contributed by atoms with Gasteiger partial charge in [0.05, 0.1) is 18.3 Å². The summed E-state index contributed by atoms with van der Waals surface area (Å²) in [7, 11) is 1.97. The summed E-state index contributed by atoms with van der Waals surface area (Å²) < 4.78 is 1.93. The molecule has 10 nitrogen and oxygen atoms in total. The predicted octanol–water partition coefficient (Wildman–Crippen LogP) is 3.81. The van der Waals surface area contributed by atoms with Crippen molar-refractivity contribution < 1.29 is 9.90 Å². The number of hydrogen-bond acceptors (Lipinski definition) is 10. The van der Waals surface area contributed by atoms with E-state index in [0.717, 1.165) is 70.1 Å². The summed E-state index contributed by atoms with van der Waals surface area (Å²) >= 11 is 3.01. The first-order valence-corrected chi connectivity index (χ1v) is 15.3. The second kappa shape index (κ2) is 10.9. The molecule has 3 aromatic heterocycles. The Morgan fingerprint density at radius 1 is 1.18 bits per heavy atom. The fourth-order valence-corrected chi connectivity index (χ4v) is 7.28. The number of carbonyl (C=O) groups excluding carboxylic acids is 1. The largest absolute Gasteiger partial charge is 0.389 e. The Morgan fingerprint density at radius 3 is 2.55 bits per heavy atom. The Bertz CT molecular complexity index is 1570. The quantitative estimate of drug-likeness (QED) is 0.353. The zero-order valence-electron chi connectivity index (χ0n) is 22.9. The molecule has 0 spiro atoms. The number of aliphatic hydroxyl groups excluding tert-OH is 1. The maximum Gasteiger partial charge on any atom is 0.236 e. The minimum absolute atomic E-state index is 0.100. The number of hydrogen-bond donors (Lipinski definition) is 1. The van der Waals surface area contributed by atoms with Crippen molar-refractivity contribution in [2.24, 2.45) is 0 Å². The van der Waals surface area contributed by atoms with Gasteiger partial charge in [0.2, 0.25) is 10.9 Å². The molecule has 2 aliphatic heterocycles. The summed E-state index contributed by atoms with van der Waals surface area (Å²) in [5, 5.41) is 26.1. The number of likely N-dealkylation sites (tertiary alicyclic amines) is 2. The number of piperidine rings is 1. The van der Waals surface area contributed by atoms with Gasteiger partial charge in [-0.05, 0) is 39.3 Å². The van der Waals surface area contributed by atoms with Crippen LogP contribution in [-0.4, -0.2) is 86.3 Å². The monoisotopic (exact) mass is 576 g/mol. The average Bonchev–Trinajstić information content (AvgIpc) is 3.64. The summed E-state index contributed by atoms with van der Waals surface area (Å²) in [5.74, 6) is 1.31. The van der Waals surface area contributed by atoms with Gasteiger partial charge in [-0.25, -0.2) is 9.97 Å². The lowest BCUT2D eigenvalue weighted by molar-refractivity contribution is -0.142. The molecule has 0 saturated carbocycles. The van der Waals surface area contributed by atoms with E-state index in [2.05, 4.69) is 17.9 Å². The number of benzene rings is 1. The Labute approximate surface area is 241 Å². The minimum Gasteiger partial charge on any atom is -0.389 e. The number of rotatable bonds is 7. The van der Waals surface area contributed by atoms with Gasteiger partial charge in [0.1, 0.15) is 21.6 Å². The molecule has 5 heterocycles. The molecule has 12 heteroatoms. The van der Waals surface area contributed by atoms with Crippen molar-refractivity contribution in [3.05, 3.63) is 45.4 Å². The lowest BCUT2D eigenvalue weighted by Gasteiger charge is -2.38. The van der Waals surface area contributed by atoms with E-state index < -0.39 is 0 Å². The van der Waals surface area contributed by atoms with E-state index >= 15 is 0 Å². The van der Waals surface area contributed by atoms with Crippen LogP contribution in [-0.2, 0) is 11.2 Å². The number of amides is 1. The van der Waals surface area contributed by atoms with Crippen LogP contribution in [0.5, 0.6) is 0 Å². The van der Waals surface area contributed by atoms with Crippen LogP contribution >= 0.6 is 22.7 Å². The first kappa shape index (κ1) is 26.8. The number of imidazole rings is 1. The van der Waals surface area contributed by atoms with Gasteiger partial charge < -0.3 is 14.9 Å². The van der Waals surface area contributed by atoms with Crippen molar-refractivity contribution in [2.45, 2.75) is 45.1 Å². The first-order valence-electron chi connectivity index (χ1n) is 13.6. The molecular formula is C28H32N8O2S2. The summed E-state index contributed by atoms with van der Waals surface area (Å²) in [4.78, 5) is 29.6. The third-order valence-electron chi connectivity index (χ3n) is 7.76. The van der Waals surface area contributed by atoms with Gasteiger partial charge in [0.25, 0.3) is 0 Å². The molecule has 6 rings (SSSR count). The van der Waals surface area contributed by atoms with E-state index in [1.165, 1.54) is 11.3 Å². The van der Waals surface area contributed by atoms with Crippen LogP contribution in [0.3, 0.4) is 0 Å². The SMILES string of the molecule is CCc1nc2sc(C3CCN(CC(=O)N4CC(O)C4)CC3)nn2c1N(C)c1nc(-c2ccc(C)cc2)c(C#N)s1. The van der Waals surface area contributed by atoms with Crippen molar-refractivity contribution in [3.8, 4) is 17.3 Å². The third-order valence-corrected chi connectivity index (χ3v) is 9.86. The highest BCUT2D eigenvalue weighted by Gasteiger charge is 2.32. The second-order valence-electron chi connectivity index (χ2n) is 10.6. The summed E-state index contributed by atoms with van der Waals surface area (Å²) in [6.07, 6.45) is 2.27. The van der Waals surface area contributed by atoms with Crippen LogP contribution in [0.4, 0.5) is 10.9 Å². The molecule has 0 atom stereocenters. The van der Waals surface area contributed by atoms with Gasteiger partial charge in [-0.15, -0.1) is 0 Å². The van der Waals surface area contributed by atoms with Crippen molar-refractivity contribution in [1.82, 2.24) is 29.4 Å². The number of anilines is 2. The molecular weight excluding hydrogens is 544 g/mol. The van der Waals surface area contributed by atoms with Crippen molar-refractivity contribution >= 4 is 44.5 Å². The number of thiazole rings is 1. The van der Waals surface area contributed by atoms with E-state index in [9.17, 15) is 15.2 Å². The standard InChI is InChI=1S/C28H32N8O2S2/c1-4-21-26(33(3)27-31-24(22(13-29)39-27)18-7-5-17(2)6-8-18)36-28(30-21)40-25(32-36)19-9-11-34(12-10-19)16-23(38)35-14-20(37)15-35/h5-8,19-20,37H,4,9-12,14-16H2,1-3H3. The molecule has 0 radical (unpaired) electrons. The fourth-order valence-electron chi connectivity index (χ4n) is 5.35. The highest BCUT2D eigenvalue weighted by Crippen LogP contribution is 2.39. The number of aliphatic hydroxyl groups is 1. The molecule has 0 bridgehead atoms. The van der Waals surface area contributed by atoms with Gasteiger partial charge in [-0.2, -0.15) is 14.9 Å². The zero-order valence-corrected chi connectivity index (χ0v) is 24.5. The molecule has 1 N–H and O–H groups in total. The van der Waals surface area contributed by atoms with Crippen LogP contribution in [0.1, 0.15) is 46.8 Å². The zero-order chi connectivity index (χ0) is 28.0. The van der Waals surface area contributed by atoms with Crippen LogP contribution in [0.25, 0.3) is 16.2 Å². The molecule has 0 unspecified atom stereocenters. The van der Waals surface area contributed by atoms with Crippen molar-refractivity contribution in [1.29, 1.82) is 5.26 Å². The van der Waals surface area contributed by atoms with Gasteiger partial charge >= 0.3 is 0 Å². The molecule has 2 saturated heterocycles. The maximum atomic E-state index is 12.4. The third kappa shape index (κ3) is 4.99. The predicted molar refractivity (Wildman–Crippen MR) is 156 cm³/mol. The van der Waals surface area contributed by atoms with Crippen LogP contribution < -0.4 is 4.90 Å². The number of β-amino-alcohol motifs (C(OH)–C–C–N with tert-alkyl or cyclic N) is 1. The van der Waals surface area contributed by atoms with Gasteiger partial charge in [-0.3, -0.25) is 9.69 Å². The van der Waals surface area contributed by atoms with Crippen LogP contribution in [0, 0.1) is 18.3 Å². The molecule has 208 valence electrons. The summed E-state index contributed by atoms with van der Waals surface area (Å²) in [6.45, 7) is 7.15. The van der Waals surface area contributed by atoms with Gasteiger partial charge in [0, 0.05) is 31.6 Å². The second-order valence-corrected chi connectivity index (χ2v) is 12.5. The number of aromatic nitrogens is 4. The van der Waals surface area contributed by atoms with E-state index in [4.69, 9.17) is 15.1 Å². The molecule has 40 heavy (non-hydrogen) atoms. The van der Waals surface area contributed by atoms with Crippen molar-refractivity contribution in [2.75, 3.05) is 44.7 Å². The minimum atomic E-state index is -0.366. The lowest BCUT2D eigenvalue weighted by Crippen LogP contribution is -2.56. The van der Waals surface area contributed by atoms with Crippen LogP contribution in [0.15, 0.2) is 24.3 Å². The topological polar surface area (TPSA) is 114 Å². The first-order chi connectivity index (χ1) is 19.3. The fraction of sp³-hybridized carbons (Fsp3) is 0.464. The number of nitrogens with zero attached hydrogens (tertiary/aromatic N) is 8. The molecule has 0 aliphatic carbocycles. The highest BCUT2D eigenvalue weighted by atomic mass is 32.1. The van der Waals surface area contributed by atoms with Gasteiger partial charge in [0.15, 0.2) is 10.9 Å². The van der Waals surface area contributed by atoms with Crippen molar-refractivity contribution in [3.63, 3.8) is 0 Å². The van der Waals surface area contributed by atoms with Crippen LogP contribution in [0.2, 0.25) is 0 Å². The smallest absolute Gasteiger partial charge is 0.236 e. The molecule has 1 amide bonds. The van der Waals surface area contributed by atoms with E-state index in [0.29, 0.717) is 36.1 Å². The number of fused-ring (bicyclic) bond motifs is 1. The Balaban J connectivity index is 1.21. The Hall–Kier alpha value is -3.37. The number of nitriles is 1. The highest BCUT2D eigenvalue weighted by molar-refractivity contribution is 7.17. The van der Waals surface area contributed by atoms with Gasteiger partial charge in [-0.1, -0.05) is 59.4 Å². The molecule has 2 aliphatic rings. The van der Waals surface area contributed by atoms with E-state index in [-0.39, 0.29) is 12.0 Å². The van der Waals surface area contributed by atoms with E-state index in [1.807, 2.05) is 47.7 Å².